The summed E-state index contributed by atoms with van der Waals surface area (Å²) < 4.78 is 16.7. The maximum Gasteiger partial charge on any atom is 0.268 e. The fourth-order valence-corrected chi connectivity index (χ4v) is 2.07. The number of hydrogen-bond donors (Lipinski definition) is 2. The van der Waals surface area contributed by atoms with Gasteiger partial charge >= 0.3 is 0 Å². The average molecular weight is 341 g/mol. The lowest BCUT2D eigenvalue weighted by Crippen LogP contribution is -2.30. The Balaban J connectivity index is 2.09. The van der Waals surface area contributed by atoms with Gasteiger partial charge in [0.1, 0.15) is 18.1 Å². The van der Waals surface area contributed by atoms with Gasteiger partial charge < -0.3 is 13.9 Å². The first-order valence-electron chi connectivity index (χ1n) is 5.69. The fourth-order valence-electron chi connectivity index (χ4n) is 1.60. The zero-order chi connectivity index (χ0) is 14.5. The molecular weight excluding hydrogens is 328 g/mol. The number of hydrogen-bond acceptors (Lipinski definition) is 5. The van der Waals surface area contributed by atoms with Gasteiger partial charge in [0.15, 0.2) is 5.76 Å². The van der Waals surface area contributed by atoms with Gasteiger partial charge in [0, 0.05) is 0 Å². The third-order valence-corrected chi connectivity index (χ3v) is 3.24. The Morgan fingerprint density at radius 2 is 2.25 bits per heavy atom. The summed E-state index contributed by atoms with van der Waals surface area (Å²) >= 11 is 3.38. The quantitative estimate of drug-likeness (QED) is 0.495. The number of carbonyl (C=O) groups is 1. The Morgan fingerprint density at radius 1 is 1.45 bits per heavy atom. The average Bonchev–Trinajstić information content (AvgIpc) is 2.93. The molecule has 1 aromatic carbocycles. The van der Waals surface area contributed by atoms with E-state index in [1.807, 2.05) is 0 Å². The SMILES string of the molecule is COc1ccc(OCc2occc2C(=O)NN)c(Br)c1. The van der Waals surface area contributed by atoms with Crippen LogP contribution in [-0.4, -0.2) is 13.0 Å². The molecule has 0 aliphatic rings. The minimum absolute atomic E-state index is 0.112. The number of amides is 1. The zero-order valence-corrected chi connectivity index (χ0v) is 12.3. The summed E-state index contributed by atoms with van der Waals surface area (Å²) in [6, 6.07) is 6.85. The van der Waals surface area contributed by atoms with Crippen molar-refractivity contribution in [3.05, 3.63) is 46.3 Å². The van der Waals surface area contributed by atoms with Crippen molar-refractivity contribution in [3.8, 4) is 11.5 Å². The van der Waals surface area contributed by atoms with Gasteiger partial charge in [-0.1, -0.05) is 0 Å². The first kappa shape index (κ1) is 14.4. The van der Waals surface area contributed by atoms with Crippen LogP contribution in [0.1, 0.15) is 16.1 Å². The summed E-state index contributed by atoms with van der Waals surface area (Å²) in [4.78, 5) is 11.5. The van der Waals surface area contributed by atoms with E-state index in [4.69, 9.17) is 19.7 Å². The highest BCUT2D eigenvalue weighted by Crippen LogP contribution is 2.30. The molecule has 20 heavy (non-hydrogen) atoms. The topological polar surface area (TPSA) is 86.7 Å². The van der Waals surface area contributed by atoms with E-state index in [9.17, 15) is 4.79 Å². The fraction of sp³-hybridized carbons (Fsp3) is 0.154. The molecule has 106 valence electrons. The van der Waals surface area contributed by atoms with Crippen LogP contribution in [0, 0.1) is 0 Å². The predicted molar refractivity (Wildman–Crippen MR) is 75.4 cm³/mol. The van der Waals surface area contributed by atoms with Crippen molar-refractivity contribution in [3.63, 3.8) is 0 Å². The van der Waals surface area contributed by atoms with E-state index in [1.54, 1.807) is 25.3 Å². The van der Waals surface area contributed by atoms with Crippen molar-refractivity contribution in [1.29, 1.82) is 0 Å². The molecule has 3 N–H and O–H groups in total. The highest BCUT2D eigenvalue weighted by atomic mass is 79.9. The van der Waals surface area contributed by atoms with Crippen molar-refractivity contribution in [2.24, 2.45) is 5.84 Å². The Morgan fingerprint density at radius 3 is 2.90 bits per heavy atom. The van der Waals surface area contributed by atoms with Gasteiger partial charge in [-0.2, -0.15) is 0 Å². The largest absolute Gasteiger partial charge is 0.497 e. The van der Waals surface area contributed by atoms with E-state index >= 15 is 0 Å². The Bertz CT molecular complexity index is 612. The van der Waals surface area contributed by atoms with E-state index in [0.29, 0.717) is 22.8 Å². The number of rotatable bonds is 5. The predicted octanol–water partition coefficient (Wildman–Crippen LogP) is 2.23. The molecule has 1 heterocycles. The van der Waals surface area contributed by atoms with Crippen molar-refractivity contribution in [2.45, 2.75) is 6.61 Å². The molecule has 0 aliphatic carbocycles. The number of methoxy groups -OCH3 is 1. The number of nitrogen functional groups attached to an aromatic ring is 1. The molecule has 2 rings (SSSR count). The van der Waals surface area contributed by atoms with Gasteiger partial charge in [0.05, 0.1) is 23.4 Å². The van der Waals surface area contributed by atoms with Gasteiger partial charge in [-0.3, -0.25) is 10.2 Å². The third kappa shape index (κ3) is 3.12. The van der Waals surface area contributed by atoms with Gasteiger partial charge in [-0.25, -0.2) is 5.84 Å². The van der Waals surface area contributed by atoms with Crippen LogP contribution >= 0.6 is 15.9 Å². The molecule has 0 unspecified atom stereocenters. The van der Waals surface area contributed by atoms with E-state index < -0.39 is 5.91 Å². The van der Waals surface area contributed by atoms with E-state index in [0.717, 1.165) is 4.47 Å². The second kappa shape index (κ2) is 6.44. The Hall–Kier alpha value is -1.99. The van der Waals surface area contributed by atoms with Crippen LogP contribution in [0.25, 0.3) is 0 Å². The molecule has 0 saturated carbocycles. The lowest BCUT2D eigenvalue weighted by molar-refractivity contribution is 0.0949. The molecule has 7 heteroatoms. The van der Waals surface area contributed by atoms with E-state index in [2.05, 4.69) is 21.4 Å². The van der Waals surface area contributed by atoms with Gasteiger partial charge in [-0.05, 0) is 40.2 Å². The molecule has 0 saturated heterocycles. The van der Waals surface area contributed by atoms with Crippen LogP contribution in [0.2, 0.25) is 0 Å². The third-order valence-electron chi connectivity index (χ3n) is 2.62. The Kier molecular flexibility index (Phi) is 4.65. The molecule has 0 fully saturated rings. The Labute approximate surface area is 123 Å². The summed E-state index contributed by atoms with van der Waals surface area (Å²) in [6.45, 7) is 0.112. The highest BCUT2D eigenvalue weighted by Gasteiger charge is 2.14. The number of nitrogens with two attached hydrogens (primary N) is 1. The molecule has 0 bridgehead atoms. The minimum Gasteiger partial charge on any atom is -0.497 e. The van der Waals surface area contributed by atoms with Gasteiger partial charge in [0.25, 0.3) is 5.91 Å². The van der Waals surface area contributed by atoms with Crippen molar-refractivity contribution in [1.82, 2.24) is 5.43 Å². The molecule has 0 atom stereocenters. The molecule has 6 nitrogen and oxygen atoms in total. The van der Waals surface area contributed by atoms with Gasteiger partial charge in [0.2, 0.25) is 0 Å². The molecule has 0 spiro atoms. The second-order valence-electron chi connectivity index (χ2n) is 3.82. The van der Waals surface area contributed by atoms with Crippen LogP contribution in [0.3, 0.4) is 0 Å². The highest BCUT2D eigenvalue weighted by molar-refractivity contribution is 9.10. The molecule has 2 aromatic rings. The number of halogens is 1. The van der Waals surface area contributed by atoms with Crippen LogP contribution in [0.15, 0.2) is 39.4 Å². The van der Waals surface area contributed by atoms with E-state index in [1.165, 1.54) is 12.3 Å². The maximum atomic E-state index is 11.5. The molecule has 0 radical (unpaired) electrons. The summed E-state index contributed by atoms with van der Waals surface area (Å²) in [5.74, 6) is 6.39. The molecule has 1 amide bonds. The molecule has 1 aromatic heterocycles. The van der Waals surface area contributed by atoms with E-state index in [-0.39, 0.29) is 6.61 Å². The number of ether oxygens (including phenoxy) is 2. The molecule has 0 aliphatic heterocycles. The van der Waals surface area contributed by atoms with Crippen molar-refractivity contribution in [2.75, 3.05) is 7.11 Å². The van der Waals surface area contributed by atoms with Crippen molar-refractivity contribution >= 4 is 21.8 Å². The van der Waals surface area contributed by atoms with Crippen LogP contribution in [-0.2, 0) is 6.61 Å². The number of carbonyl (C=O) groups excluding carboxylic acids is 1. The van der Waals surface area contributed by atoms with Crippen LogP contribution in [0.4, 0.5) is 0 Å². The zero-order valence-electron chi connectivity index (χ0n) is 10.7. The summed E-state index contributed by atoms with van der Waals surface area (Å²) in [5, 5.41) is 0. The lowest BCUT2D eigenvalue weighted by atomic mass is 10.2. The number of hydrazine groups is 1. The maximum absolute atomic E-state index is 11.5. The molecular formula is C13H13BrN2O4. The van der Waals surface area contributed by atoms with Crippen LogP contribution in [0.5, 0.6) is 11.5 Å². The summed E-state index contributed by atoms with van der Waals surface area (Å²) in [7, 11) is 1.59. The normalized spacial score (nSPS) is 10.2. The summed E-state index contributed by atoms with van der Waals surface area (Å²) in [5.41, 5.74) is 2.40. The smallest absolute Gasteiger partial charge is 0.268 e. The number of nitrogens with one attached hydrogen (secondary N) is 1. The minimum atomic E-state index is -0.425. The number of benzene rings is 1. The lowest BCUT2D eigenvalue weighted by Gasteiger charge is -2.09. The standard InChI is InChI=1S/C13H13BrN2O4/c1-18-8-2-3-11(10(14)6-8)20-7-12-9(4-5-19-12)13(17)16-15/h2-6H,7,15H2,1H3,(H,16,17). The first-order valence-corrected chi connectivity index (χ1v) is 6.48. The van der Waals surface area contributed by atoms with Gasteiger partial charge in [-0.15, -0.1) is 0 Å². The first-order chi connectivity index (χ1) is 9.65. The monoisotopic (exact) mass is 340 g/mol. The summed E-state index contributed by atoms with van der Waals surface area (Å²) in [6.07, 6.45) is 1.41. The van der Waals surface area contributed by atoms with Crippen molar-refractivity contribution < 1.29 is 18.7 Å². The second-order valence-corrected chi connectivity index (χ2v) is 4.67. The number of furan rings is 1. The van der Waals surface area contributed by atoms with Crippen LogP contribution < -0.4 is 20.7 Å².